The molecule has 134 valence electrons. The van der Waals surface area contributed by atoms with Crippen LogP contribution in [0.1, 0.15) is 16.8 Å². The van der Waals surface area contributed by atoms with Gasteiger partial charge in [-0.3, -0.25) is 0 Å². The lowest BCUT2D eigenvalue weighted by Crippen LogP contribution is -2.03. The summed E-state index contributed by atoms with van der Waals surface area (Å²) >= 11 is 6.18. The first kappa shape index (κ1) is 18.0. The maximum absolute atomic E-state index is 6.18. The van der Waals surface area contributed by atoms with Crippen molar-refractivity contribution >= 4 is 34.7 Å². The topological polar surface area (TPSA) is 59.1 Å². The summed E-state index contributed by atoms with van der Waals surface area (Å²) < 4.78 is 5.17. The summed E-state index contributed by atoms with van der Waals surface area (Å²) in [4.78, 5) is 9.01. The molecule has 6 heteroatoms. The maximum atomic E-state index is 6.18. The zero-order valence-corrected chi connectivity index (χ0v) is 16.0. The Morgan fingerprint density at radius 2 is 1.73 bits per heavy atom. The highest BCUT2D eigenvalue weighted by molar-refractivity contribution is 6.32. The first-order chi connectivity index (χ1) is 12.4. The van der Waals surface area contributed by atoms with Crippen LogP contribution in [0.15, 0.2) is 42.5 Å². The lowest BCUT2D eigenvalue weighted by Gasteiger charge is -2.13. The van der Waals surface area contributed by atoms with Gasteiger partial charge in [0.2, 0.25) is 5.95 Å². The number of aromatic nitrogens is 2. The molecule has 3 rings (SSSR count). The third-order valence-corrected chi connectivity index (χ3v) is 4.21. The molecule has 0 saturated carbocycles. The van der Waals surface area contributed by atoms with Gasteiger partial charge in [0.15, 0.2) is 0 Å². The van der Waals surface area contributed by atoms with E-state index in [-0.39, 0.29) is 0 Å². The molecule has 0 aliphatic carbocycles. The highest BCUT2D eigenvalue weighted by atomic mass is 35.5. The molecule has 0 bridgehead atoms. The first-order valence-electron chi connectivity index (χ1n) is 8.25. The summed E-state index contributed by atoms with van der Waals surface area (Å²) in [5.74, 6) is 1.85. The van der Waals surface area contributed by atoms with Crippen molar-refractivity contribution in [3.05, 3.63) is 64.3 Å². The lowest BCUT2D eigenvalue weighted by molar-refractivity contribution is 0.415. The van der Waals surface area contributed by atoms with Gasteiger partial charge in [-0.15, -0.1) is 0 Å². The first-order valence-corrected chi connectivity index (χ1v) is 8.63. The number of aryl methyl sites for hydroxylation is 3. The molecule has 26 heavy (non-hydrogen) atoms. The Morgan fingerprint density at radius 1 is 0.923 bits per heavy atom. The van der Waals surface area contributed by atoms with E-state index >= 15 is 0 Å². The predicted molar refractivity (Wildman–Crippen MR) is 107 cm³/mol. The summed E-state index contributed by atoms with van der Waals surface area (Å²) in [5, 5.41) is 7.09. The minimum absolute atomic E-state index is 0.499. The molecule has 2 aromatic carbocycles. The highest BCUT2D eigenvalue weighted by Crippen LogP contribution is 2.29. The molecule has 0 amide bonds. The standard InChI is InChI=1S/C20H21ClN4O/c1-12-5-6-13(2)17(9-12)24-19-10-14(3)22-20(25-19)23-15-7-8-18(26-4)16(21)11-15/h5-11H,1-4H3,(H2,22,23,24,25). The quantitative estimate of drug-likeness (QED) is 0.618. The van der Waals surface area contributed by atoms with Crippen molar-refractivity contribution < 1.29 is 4.74 Å². The van der Waals surface area contributed by atoms with E-state index in [1.807, 2.05) is 19.1 Å². The van der Waals surface area contributed by atoms with Gasteiger partial charge in [-0.05, 0) is 56.2 Å². The van der Waals surface area contributed by atoms with Crippen LogP contribution in [0.2, 0.25) is 5.02 Å². The molecule has 0 aliphatic rings. The summed E-state index contributed by atoms with van der Waals surface area (Å²) in [6, 6.07) is 13.6. The molecule has 1 aromatic heterocycles. The maximum Gasteiger partial charge on any atom is 0.229 e. The third kappa shape index (κ3) is 4.24. The number of nitrogens with one attached hydrogen (secondary N) is 2. The molecule has 0 spiro atoms. The Labute approximate surface area is 158 Å². The Bertz CT molecular complexity index is 943. The minimum Gasteiger partial charge on any atom is -0.495 e. The molecular formula is C20H21ClN4O. The van der Waals surface area contributed by atoms with Crippen molar-refractivity contribution in [1.29, 1.82) is 0 Å². The van der Waals surface area contributed by atoms with Crippen LogP contribution in [0.3, 0.4) is 0 Å². The van der Waals surface area contributed by atoms with Crippen molar-refractivity contribution in [2.45, 2.75) is 20.8 Å². The molecule has 2 N–H and O–H groups in total. The zero-order chi connectivity index (χ0) is 18.7. The van der Waals surface area contributed by atoms with Crippen LogP contribution in [0, 0.1) is 20.8 Å². The monoisotopic (exact) mass is 368 g/mol. The Kier molecular flexibility index (Phi) is 5.28. The Hall–Kier alpha value is -2.79. The van der Waals surface area contributed by atoms with Crippen LogP contribution in [0.25, 0.3) is 0 Å². The van der Waals surface area contributed by atoms with Gasteiger partial charge < -0.3 is 15.4 Å². The van der Waals surface area contributed by atoms with E-state index < -0.39 is 0 Å². The molecule has 1 heterocycles. The van der Waals surface area contributed by atoms with Gasteiger partial charge in [0.05, 0.1) is 12.1 Å². The number of anilines is 4. The molecule has 0 saturated heterocycles. The average molecular weight is 369 g/mol. The van der Waals surface area contributed by atoms with Gasteiger partial charge in [0.25, 0.3) is 0 Å². The van der Waals surface area contributed by atoms with Gasteiger partial charge in [0, 0.05) is 23.1 Å². The van der Waals surface area contributed by atoms with Crippen molar-refractivity contribution in [3.63, 3.8) is 0 Å². The van der Waals surface area contributed by atoms with Gasteiger partial charge in [0.1, 0.15) is 11.6 Å². The zero-order valence-electron chi connectivity index (χ0n) is 15.2. The average Bonchev–Trinajstić information content (AvgIpc) is 2.58. The molecule has 0 aliphatic heterocycles. The Balaban J connectivity index is 1.85. The fraction of sp³-hybridized carbons (Fsp3) is 0.200. The van der Waals surface area contributed by atoms with E-state index in [1.165, 1.54) is 5.56 Å². The molecule has 0 radical (unpaired) electrons. The number of benzene rings is 2. The summed E-state index contributed by atoms with van der Waals surface area (Å²) in [7, 11) is 1.59. The molecule has 0 atom stereocenters. The van der Waals surface area contributed by atoms with Crippen molar-refractivity contribution in [2.75, 3.05) is 17.7 Å². The lowest BCUT2D eigenvalue weighted by atomic mass is 10.1. The van der Waals surface area contributed by atoms with Crippen LogP contribution >= 0.6 is 11.6 Å². The van der Waals surface area contributed by atoms with Crippen LogP contribution in [-0.4, -0.2) is 17.1 Å². The van der Waals surface area contributed by atoms with Crippen LogP contribution < -0.4 is 15.4 Å². The van der Waals surface area contributed by atoms with Gasteiger partial charge in [-0.25, -0.2) is 4.98 Å². The number of hydrogen-bond acceptors (Lipinski definition) is 5. The predicted octanol–water partition coefficient (Wildman–Crippen LogP) is 5.55. The second-order valence-corrected chi connectivity index (χ2v) is 6.54. The number of ether oxygens (including phenoxy) is 1. The van der Waals surface area contributed by atoms with Crippen LogP contribution in [0.4, 0.5) is 23.1 Å². The summed E-state index contributed by atoms with van der Waals surface area (Å²) in [6.07, 6.45) is 0. The highest BCUT2D eigenvalue weighted by Gasteiger charge is 2.07. The molecule has 3 aromatic rings. The molecule has 0 unspecified atom stereocenters. The van der Waals surface area contributed by atoms with Crippen LogP contribution in [0.5, 0.6) is 5.75 Å². The van der Waals surface area contributed by atoms with Gasteiger partial charge >= 0.3 is 0 Å². The number of methoxy groups -OCH3 is 1. The number of nitrogens with zero attached hydrogens (tertiary/aromatic N) is 2. The van der Waals surface area contributed by atoms with Gasteiger partial charge in [-0.2, -0.15) is 4.98 Å². The molecule has 0 fully saturated rings. The summed E-state index contributed by atoms with van der Waals surface area (Å²) in [6.45, 7) is 6.06. The number of rotatable bonds is 5. The third-order valence-electron chi connectivity index (χ3n) is 3.92. The number of hydrogen-bond donors (Lipinski definition) is 2. The normalized spacial score (nSPS) is 10.5. The number of halogens is 1. The summed E-state index contributed by atoms with van der Waals surface area (Å²) in [5.41, 5.74) is 5.02. The van der Waals surface area contributed by atoms with Crippen molar-refractivity contribution in [2.24, 2.45) is 0 Å². The van der Waals surface area contributed by atoms with Crippen molar-refractivity contribution in [3.8, 4) is 5.75 Å². The fourth-order valence-electron chi connectivity index (χ4n) is 2.57. The van der Waals surface area contributed by atoms with Crippen molar-refractivity contribution in [1.82, 2.24) is 9.97 Å². The Morgan fingerprint density at radius 3 is 2.46 bits per heavy atom. The van der Waals surface area contributed by atoms with E-state index in [9.17, 15) is 0 Å². The van der Waals surface area contributed by atoms with Gasteiger partial charge in [-0.1, -0.05) is 23.7 Å². The van der Waals surface area contributed by atoms with E-state index in [4.69, 9.17) is 16.3 Å². The van der Waals surface area contributed by atoms with E-state index in [0.29, 0.717) is 16.7 Å². The molecular weight excluding hydrogens is 348 g/mol. The SMILES string of the molecule is COc1ccc(Nc2nc(C)cc(Nc3cc(C)ccc3C)n2)cc1Cl. The van der Waals surface area contributed by atoms with E-state index in [2.05, 4.69) is 52.6 Å². The van der Waals surface area contributed by atoms with E-state index in [1.54, 1.807) is 19.2 Å². The fourth-order valence-corrected chi connectivity index (χ4v) is 2.83. The van der Waals surface area contributed by atoms with E-state index in [0.717, 1.165) is 28.5 Å². The van der Waals surface area contributed by atoms with Crippen LogP contribution in [-0.2, 0) is 0 Å². The minimum atomic E-state index is 0.499. The smallest absolute Gasteiger partial charge is 0.229 e. The second kappa shape index (κ2) is 7.62. The molecule has 5 nitrogen and oxygen atoms in total. The second-order valence-electron chi connectivity index (χ2n) is 6.14. The largest absolute Gasteiger partial charge is 0.495 e.